The zero-order valence-electron chi connectivity index (χ0n) is 16.0. The van der Waals surface area contributed by atoms with E-state index in [0.717, 1.165) is 0 Å². The second-order valence-corrected chi connectivity index (χ2v) is 5.84. The Morgan fingerprint density at radius 3 is 1.96 bits per heavy atom. The molecule has 0 saturated carbocycles. The molecule has 0 radical (unpaired) electrons. The van der Waals surface area contributed by atoms with Crippen molar-refractivity contribution in [3.8, 4) is 0 Å². The summed E-state index contributed by atoms with van der Waals surface area (Å²) in [5, 5.41) is 0. The molecule has 1 aliphatic rings. The van der Waals surface area contributed by atoms with Gasteiger partial charge in [0.15, 0.2) is 0 Å². The van der Waals surface area contributed by atoms with Crippen molar-refractivity contribution < 1.29 is 26.2 Å². The van der Waals surface area contributed by atoms with Crippen LogP contribution < -0.4 is 0 Å². The fourth-order valence-corrected chi connectivity index (χ4v) is 2.83. The van der Waals surface area contributed by atoms with Crippen LogP contribution in [0.15, 0.2) is 30.3 Å². The Hall–Kier alpha value is -0.807. The van der Waals surface area contributed by atoms with Crippen molar-refractivity contribution in [1.82, 2.24) is 0 Å². The van der Waals surface area contributed by atoms with Crippen LogP contribution in [0.25, 0.3) is 5.57 Å². The first kappa shape index (κ1) is 24.4. The summed E-state index contributed by atoms with van der Waals surface area (Å²) >= 11 is 0. The van der Waals surface area contributed by atoms with Crippen molar-refractivity contribution >= 4 is 5.57 Å². The Bertz CT molecular complexity index is 621. The van der Waals surface area contributed by atoms with Crippen molar-refractivity contribution in [2.45, 2.75) is 47.5 Å². The molecule has 1 unspecified atom stereocenters. The van der Waals surface area contributed by atoms with Gasteiger partial charge in [-0.25, -0.2) is 5.57 Å². The van der Waals surface area contributed by atoms with Crippen molar-refractivity contribution in [3.05, 3.63) is 84.6 Å². The van der Waals surface area contributed by atoms with Gasteiger partial charge in [0.1, 0.15) is 0 Å². The van der Waals surface area contributed by atoms with Gasteiger partial charge in [-0.2, -0.15) is 33.9 Å². The summed E-state index contributed by atoms with van der Waals surface area (Å²) in [5.74, 6) is 0.492. The third kappa shape index (κ3) is 5.35. The van der Waals surface area contributed by atoms with E-state index in [1.54, 1.807) is 0 Å². The minimum absolute atomic E-state index is 0. The van der Waals surface area contributed by atoms with Gasteiger partial charge in [0.05, 0.1) is 0 Å². The van der Waals surface area contributed by atoms with E-state index in [1.165, 1.54) is 39.0 Å². The molecule has 0 aromatic heterocycles. The molecule has 1 atom stereocenters. The van der Waals surface area contributed by atoms with E-state index in [2.05, 4.69) is 78.0 Å². The summed E-state index contributed by atoms with van der Waals surface area (Å²) < 4.78 is 0. The molecule has 0 spiro atoms. The fraction of sp³-hybridized carbons (Fsp3) is 0.318. The van der Waals surface area contributed by atoms with E-state index in [1.807, 2.05) is 0 Å². The topological polar surface area (TPSA) is 0 Å². The molecule has 1 heteroatoms. The smallest absolute Gasteiger partial charge is 0.358 e. The van der Waals surface area contributed by atoms with Gasteiger partial charge in [-0.15, -0.1) is 11.6 Å². The number of hydrogen-bond acceptors (Lipinski definition) is 0. The molecule has 0 amide bonds. The van der Waals surface area contributed by atoms with E-state index in [9.17, 15) is 0 Å². The normalized spacial score (nSPS) is 14.2. The maximum atomic E-state index is 3.40. The van der Waals surface area contributed by atoms with Crippen LogP contribution in [0.2, 0.25) is 0 Å². The second-order valence-electron chi connectivity index (χ2n) is 5.84. The Kier molecular flexibility index (Phi) is 10.8. The first-order valence-electron chi connectivity index (χ1n) is 7.31. The molecular formula is C22H30Zr. The van der Waals surface area contributed by atoms with Crippen LogP contribution in [0.3, 0.4) is 0 Å². The zero-order chi connectivity index (χ0) is 14.9. The van der Waals surface area contributed by atoms with Crippen LogP contribution in [-0.4, -0.2) is 0 Å². The van der Waals surface area contributed by atoms with Crippen molar-refractivity contribution in [3.63, 3.8) is 0 Å². The standard InChI is InChI=1S/C11H11.C9H13.2CH3.Zr/c1-8-7-9(2)11-6-4-3-5-10(8)11;1-6-5-7(2)9(4)8(6)3;;;/h3-6,8H,1-2H3;5H,1-4H3;2*1H3;/q4*-1;+4. The van der Waals surface area contributed by atoms with Gasteiger partial charge in [0.25, 0.3) is 0 Å². The number of benzene rings is 1. The molecule has 0 saturated heterocycles. The molecule has 2 aromatic carbocycles. The first-order chi connectivity index (χ1) is 9.41. The molecule has 0 fully saturated rings. The van der Waals surface area contributed by atoms with Crippen LogP contribution in [0, 0.1) is 48.6 Å². The van der Waals surface area contributed by atoms with Gasteiger partial charge >= 0.3 is 26.2 Å². The molecule has 0 N–H and O–H groups in total. The molecule has 1 aliphatic carbocycles. The maximum absolute atomic E-state index is 3.40. The summed E-state index contributed by atoms with van der Waals surface area (Å²) in [6.45, 7) is 13.0. The monoisotopic (exact) mass is 384 g/mol. The number of allylic oxidation sites excluding steroid dienone is 2. The zero-order valence-corrected chi connectivity index (χ0v) is 18.4. The summed E-state index contributed by atoms with van der Waals surface area (Å²) in [6, 6.07) is 10.8. The minimum Gasteiger partial charge on any atom is -0.358 e. The fourth-order valence-electron chi connectivity index (χ4n) is 2.83. The average molecular weight is 386 g/mol. The predicted molar refractivity (Wildman–Crippen MR) is 101 cm³/mol. The molecule has 0 nitrogen and oxygen atoms in total. The maximum Gasteiger partial charge on any atom is 4.00 e. The second kappa shape index (κ2) is 10.1. The largest absolute Gasteiger partial charge is 4.00 e. The molecule has 23 heavy (non-hydrogen) atoms. The molecule has 3 rings (SSSR count). The van der Waals surface area contributed by atoms with Gasteiger partial charge in [-0.05, 0) is 0 Å². The van der Waals surface area contributed by atoms with Gasteiger partial charge < -0.3 is 14.9 Å². The molecule has 0 aliphatic heterocycles. The Morgan fingerprint density at radius 1 is 1.00 bits per heavy atom. The quantitative estimate of drug-likeness (QED) is 0.451. The third-order valence-corrected chi connectivity index (χ3v) is 4.44. The van der Waals surface area contributed by atoms with E-state index >= 15 is 0 Å². The van der Waals surface area contributed by atoms with Gasteiger partial charge in [-0.3, -0.25) is 6.08 Å². The van der Waals surface area contributed by atoms with Gasteiger partial charge in [0, 0.05) is 0 Å². The van der Waals surface area contributed by atoms with Crippen molar-refractivity contribution in [2.24, 2.45) is 0 Å². The molecule has 2 aromatic rings. The van der Waals surface area contributed by atoms with Crippen LogP contribution in [0.5, 0.6) is 0 Å². The Morgan fingerprint density at radius 2 is 1.57 bits per heavy atom. The van der Waals surface area contributed by atoms with Crippen LogP contribution in [0.1, 0.15) is 53.1 Å². The number of aryl methyl sites for hydroxylation is 2. The Labute approximate surface area is 163 Å². The van der Waals surface area contributed by atoms with E-state index in [4.69, 9.17) is 0 Å². The molecule has 0 heterocycles. The van der Waals surface area contributed by atoms with Crippen LogP contribution in [-0.2, 0) is 26.2 Å². The SMILES string of the molecule is CC1=[C-]C(C)c2ccccc21.Cc1c[c-](C)c(C)c1C.[CH3-].[CH3-].[Zr+4]. The van der Waals surface area contributed by atoms with E-state index in [-0.39, 0.29) is 41.1 Å². The van der Waals surface area contributed by atoms with Gasteiger partial charge in [-0.1, -0.05) is 65.7 Å². The van der Waals surface area contributed by atoms with Crippen LogP contribution in [0.4, 0.5) is 0 Å². The molecule has 122 valence electrons. The summed E-state index contributed by atoms with van der Waals surface area (Å²) in [6.07, 6.45) is 3.40. The Balaban J connectivity index is 0. The number of fused-ring (bicyclic) bond motifs is 1. The summed E-state index contributed by atoms with van der Waals surface area (Å²) in [7, 11) is 0. The predicted octanol–water partition coefficient (Wildman–Crippen LogP) is 6.55. The minimum atomic E-state index is 0. The van der Waals surface area contributed by atoms with Crippen molar-refractivity contribution in [1.29, 1.82) is 0 Å². The molecule has 0 bridgehead atoms. The first-order valence-corrected chi connectivity index (χ1v) is 7.31. The van der Waals surface area contributed by atoms with E-state index in [0.29, 0.717) is 5.92 Å². The third-order valence-electron chi connectivity index (χ3n) is 4.44. The van der Waals surface area contributed by atoms with E-state index < -0.39 is 0 Å². The van der Waals surface area contributed by atoms with Crippen molar-refractivity contribution in [2.75, 3.05) is 0 Å². The molecular weight excluding hydrogens is 355 g/mol. The number of rotatable bonds is 0. The van der Waals surface area contributed by atoms with Crippen LogP contribution >= 0.6 is 0 Å². The average Bonchev–Trinajstić information content (AvgIpc) is 2.84. The summed E-state index contributed by atoms with van der Waals surface area (Å²) in [5.41, 5.74) is 9.84. The van der Waals surface area contributed by atoms with Gasteiger partial charge in [0.2, 0.25) is 0 Å². The summed E-state index contributed by atoms with van der Waals surface area (Å²) in [4.78, 5) is 0. The number of hydrogen-bond donors (Lipinski definition) is 0.